The lowest BCUT2D eigenvalue weighted by Crippen LogP contribution is -2.46. The summed E-state index contributed by atoms with van der Waals surface area (Å²) in [7, 11) is 0. The van der Waals surface area contributed by atoms with Gasteiger partial charge < -0.3 is 10.0 Å². The zero-order chi connectivity index (χ0) is 13.8. The number of amides is 1. The van der Waals surface area contributed by atoms with Gasteiger partial charge >= 0.3 is 0 Å². The molecule has 2 fully saturated rings. The van der Waals surface area contributed by atoms with Crippen molar-refractivity contribution in [3.05, 3.63) is 0 Å². The monoisotopic (exact) mass is 268 g/mol. The van der Waals surface area contributed by atoms with Crippen LogP contribution in [0.3, 0.4) is 0 Å². The molecule has 110 valence electrons. The first kappa shape index (κ1) is 14.8. The Morgan fingerprint density at radius 1 is 1.16 bits per heavy atom. The maximum absolute atomic E-state index is 12.6. The summed E-state index contributed by atoms with van der Waals surface area (Å²) in [6, 6.07) is 0.357. The molecule has 0 bridgehead atoms. The van der Waals surface area contributed by atoms with Crippen LogP contribution in [0.1, 0.15) is 65.2 Å². The zero-order valence-corrected chi connectivity index (χ0v) is 12.3. The van der Waals surface area contributed by atoms with Crippen LogP contribution < -0.4 is 5.32 Å². The summed E-state index contributed by atoms with van der Waals surface area (Å²) < 4.78 is 0. The molecule has 2 N–H and O–H groups in total. The van der Waals surface area contributed by atoms with Crippen molar-refractivity contribution in [2.75, 3.05) is 0 Å². The number of nitrogens with one attached hydrogen (secondary N) is 1. The third-order valence-electron chi connectivity index (χ3n) is 4.48. The molecule has 1 aliphatic heterocycles. The maximum Gasteiger partial charge on any atom is 0.241 e. The zero-order valence-electron chi connectivity index (χ0n) is 12.3. The SMILES string of the molecule is CCCC1NC(CCC)N(C2CCC(O)CC2)C1=O. The van der Waals surface area contributed by atoms with Gasteiger partial charge in [0, 0.05) is 6.04 Å². The quantitative estimate of drug-likeness (QED) is 0.802. The first-order valence-corrected chi connectivity index (χ1v) is 7.93. The Kier molecular flexibility index (Phi) is 5.22. The third-order valence-corrected chi connectivity index (χ3v) is 4.48. The molecule has 2 unspecified atom stereocenters. The molecule has 1 saturated heterocycles. The standard InChI is InChI=1S/C15H28N2O2/c1-3-5-13-15(19)17(14(16-13)6-4-2)11-7-9-12(18)10-8-11/h11-14,16,18H,3-10H2,1-2H3. The second-order valence-corrected chi connectivity index (χ2v) is 6.02. The molecule has 0 radical (unpaired) electrons. The number of carbonyl (C=O) groups is 1. The topological polar surface area (TPSA) is 52.6 Å². The van der Waals surface area contributed by atoms with Gasteiger partial charge in [0.1, 0.15) is 0 Å². The average molecular weight is 268 g/mol. The highest BCUT2D eigenvalue weighted by molar-refractivity contribution is 5.84. The van der Waals surface area contributed by atoms with Gasteiger partial charge in [0.25, 0.3) is 0 Å². The van der Waals surface area contributed by atoms with Crippen LogP contribution in [-0.4, -0.2) is 40.3 Å². The first-order valence-electron chi connectivity index (χ1n) is 7.93. The van der Waals surface area contributed by atoms with Gasteiger partial charge in [-0.1, -0.05) is 26.7 Å². The summed E-state index contributed by atoms with van der Waals surface area (Å²) in [6.45, 7) is 4.30. The maximum atomic E-state index is 12.6. The molecule has 1 saturated carbocycles. The van der Waals surface area contributed by atoms with Crippen molar-refractivity contribution in [1.82, 2.24) is 10.2 Å². The van der Waals surface area contributed by atoms with Gasteiger partial charge in [-0.2, -0.15) is 0 Å². The van der Waals surface area contributed by atoms with E-state index in [0.29, 0.717) is 11.9 Å². The van der Waals surface area contributed by atoms with E-state index < -0.39 is 0 Å². The second-order valence-electron chi connectivity index (χ2n) is 6.02. The smallest absolute Gasteiger partial charge is 0.241 e. The minimum atomic E-state index is -0.155. The van der Waals surface area contributed by atoms with Crippen LogP contribution in [0.25, 0.3) is 0 Å². The number of aliphatic hydroxyl groups is 1. The number of nitrogens with zero attached hydrogens (tertiary/aromatic N) is 1. The third kappa shape index (κ3) is 3.29. The van der Waals surface area contributed by atoms with Crippen LogP contribution in [0.5, 0.6) is 0 Å². The first-order chi connectivity index (χ1) is 9.17. The molecule has 1 heterocycles. The summed E-state index contributed by atoms with van der Waals surface area (Å²) in [4.78, 5) is 14.7. The molecule has 19 heavy (non-hydrogen) atoms. The summed E-state index contributed by atoms with van der Waals surface area (Å²) in [5, 5.41) is 13.1. The Hall–Kier alpha value is -0.610. The van der Waals surface area contributed by atoms with Gasteiger partial charge in [-0.25, -0.2) is 0 Å². The van der Waals surface area contributed by atoms with E-state index in [1.54, 1.807) is 0 Å². The van der Waals surface area contributed by atoms with Gasteiger partial charge in [0.2, 0.25) is 5.91 Å². The van der Waals surface area contributed by atoms with E-state index in [4.69, 9.17) is 0 Å². The predicted octanol–water partition coefficient (Wildman–Crippen LogP) is 2.02. The number of aliphatic hydroxyl groups excluding tert-OH is 1. The highest BCUT2D eigenvalue weighted by Gasteiger charge is 2.42. The van der Waals surface area contributed by atoms with Crippen LogP contribution in [-0.2, 0) is 4.79 Å². The molecule has 0 aromatic rings. The van der Waals surface area contributed by atoms with Gasteiger partial charge in [-0.15, -0.1) is 0 Å². The van der Waals surface area contributed by atoms with Crippen LogP contribution in [0.2, 0.25) is 0 Å². The van der Waals surface area contributed by atoms with Gasteiger partial charge in [-0.3, -0.25) is 10.1 Å². The predicted molar refractivity (Wildman–Crippen MR) is 75.6 cm³/mol. The summed E-state index contributed by atoms with van der Waals surface area (Å²) in [5.41, 5.74) is 0. The number of carbonyl (C=O) groups excluding carboxylic acids is 1. The van der Waals surface area contributed by atoms with Crippen LogP contribution >= 0.6 is 0 Å². The fourth-order valence-corrected chi connectivity index (χ4v) is 3.48. The lowest BCUT2D eigenvalue weighted by molar-refractivity contribution is -0.133. The van der Waals surface area contributed by atoms with Gasteiger partial charge in [0.15, 0.2) is 0 Å². The molecule has 0 spiro atoms. The Morgan fingerprint density at radius 3 is 2.37 bits per heavy atom. The van der Waals surface area contributed by atoms with E-state index in [1.807, 2.05) is 0 Å². The molecule has 4 nitrogen and oxygen atoms in total. The second kappa shape index (κ2) is 6.71. The molecular formula is C15H28N2O2. The van der Waals surface area contributed by atoms with Gasteiger partial charge in [-0.05, 0) is 38.5 Å². The Labute approximate surface area is 116 Å². The van der Waals surface area contributed by atoms with Crippen molar-refractivity contribution in [1.29, 1.82) is 0 Å². The van der Waals surface area contributed by atoms with Crippen LogP contribution in [0.4, 0.5) is 0 Å². The van der Waals surface area contributed by atoms with Crippen LogP contribution in [0.15, 0.2) is 0 Å². The Balaban J connectivity index is 2.04. The molecule has 0 aromatic heterocycles. The van der Waals surface area contributed by atoms with Crippen LogP contribution in [0, 0.1) is 0 Å². The molecular weight excluding hydrogens is 240 g/mol. The molecule has 2 rings (SSSR count). The summed E-state index contributed by atoms with van der Waals surface area (Å²) >= 11 is 0. The van der Waals surface area contributed by atoms with E-state index in [2.05, 4.69) is 24.1 Å². The van der Waals surface area contributed by atoms with E-state index in [0.717, 1.165) is 51.4 Å². The van der Waals surface area contributed by atoms with E-state index in [9.17, 15) is 9.90 Å². The Bertz CT molecular complexity index is 299. The average Bonchev–Trinajstić information content (AvgIpc) is 2.69. The van der Waals surface area contributed by atoms with Gasteiger partial charge in [0.05, 0.1) is 18.3 Å². The summed E-state index contributed by atoms with van der Waals surface area (Å²) in [5.74, 6) is 0.293. The highest BCUT2D eigenvalue weighted by Crippen LogP contribution is 2.29. The van der Waals surface area contributed by atoms with E-state index in [-0.39, 0.29) is 18.3 Å². The largest absolute Gasteiger partial charge is 0.393 e. The van der Waals surface area contributed by atoms with E-state index in [1.165, 1.54) is 0 Å². The highest BCUT2D eigenvalue weighted by atomic mass is 16.3. The van der Waals surface area contributed by atoms with Crippen molar-refractivity contribution in [3.8, 4) is 0 Å². The minimum absolute atomic E-state index is 0.0217. The number of hydrogen-bond donors (Lipinski definition) is 2. The molecule has 2 atom stereocenters. The van der Waals surface area contributed by atoms with Crippen molar-refractivity contribution in [2.24, 2.45) is 0 Å². The molecule has 1 amide bonds. The normalized spacial score (nSPS) is 35.9. The van der Waals surface area contributed by atoms with Crippen molar-refractivity contribution < 1.29 is 9.90 Å². The number of rotatable bonds is 5. The molecule has 1 aliphatic carbocycles. The van der Waals surface area contributed by atoms with Crippen molar-refractivity contribution in [2.45, 2.75) is 89.6 Å². The lowest BCUT2D eigenvalue weighted by Gasteiger charge is -2.36. The minimum Gasteiger partial charge on any atom is -0.393 e. The Morgan fingerprint density at radius 2 is 1.79 bits per heavy atom. The lowest BCUT2D eigenvalue weighted by atomic mass is 9.91. The molecule has 0 aromatic carbocycles. The fourth-order valence-electron chi connectivity index (χ4n) is 3.48. The number of hydrogen-bond acceptors (Lipinski definition) is 3. The van der Waals surface area contributed by atoms with Crippen molar-refractivity contribution >= 4 is 5.91 Å². The van der Waals surface area contributed by atoms with Crippen molar-refractivity contribution in [3.63, 3.8) is 0 Å². The fraction of sp³-hybridized carbons (Fsp3) is 0.933. The van der Waals surface area contributed by atoms with E-state index >= 15 is 0 Å². The summed E-state index contributed by atoms with van der Waals surface area (Å²) in [6.07, 6.45) is 7.75. The molecule has 2 aliphatic rings. The molecule has 4 heteroatoms.